The zero-order valence-electron chi connectivity index (χ0n) is 11.8. The summed E-state index contributed by atoms with van der Waals surface area (Å²) >= 11 is 0. The van der Waals surface area contributed by atoms with Gasteiger partial charge in [-0.15, -0.1) is 12.4 Å². The van der Waals surface area contributed by atoms with Crippen LogP contribution in [-0.4, -0.2) is 40.2 Å². The summed E-state index contributed by atoms with van der Waals surface area (Å²) in [5, 5.41) is 20.6. The number of hydrogen-bond acceptors (Lipinski definition) is 5. The molecule has 0 saturated heterocycles. The van der Waals surface area contributed by atoms with Crippen LogP contribution in [0, 0.1) is 17.0 Å². The molecule has 1 aromatic heterocycles. The van der Waals surface area contributed by atoms with E-state index in [1.54, 1.807) is 0 Å². The van der Waals surface area contributed by atoms with Crippen molar-refractivity contribution in [1.29, 1.82) is 0 Å². The Morgan fingerprint density at radius 2 is 2.05 bits per heavy atom. The number of aryl methyl sites for hydroxylation is 2. The molecule has 0 saturated carbocycles. The topological polar surface area (TPSA) is 102 Å². The molecule has 0 bridgehead atoms. The second-order valence-electron chi connectivity index (χ2n) is 4.17. The van der Waals surface area contributed by atoms with E-state index in [1.165, 1.54) is 18.7 Å². The van der Waals surface area contributed by atoms with Crippen LogP contribution in [0.25, 0.3) is 0 Å². The number of rotatable bonds is 7. The van der Waals surface area contributed by atoms with Gasteiger partial charge in [-0.2, -0.15) is 5.10 Å². The Balaban J connectivity index is 0.00000361. The number of nitrogens with zero attached hydrogens (tertiary/aromatic N) is 3. The van der Waals surface area contributed by atoms with Crippen LogP contribution >= 0.6 is 12.4 Å². The molecule has 0 aromatic carbocycles. The van der Waals surface area contributed by atoms with E-state index in [1.807, 2.05) is 6.92 Å². The molecule has 0 atom stereocenters. The Hall–Kier alpha value is -1.67. The summed E-state index contributed by atoms with van der Waals surface area (Å²) in [5.74, 6) is -0.479. The van der Waals surface area contributed by atoms with Gasteiger partial charge in [-0.25, -0.2) is 0 Å². The van der Waals surface area contributed by atoms with E-state index in [0.717, 1.165) is 13.0 Å². The standard InChI is InChI=1S/C11H19N5O3.ClH/c1-4-5-12-6-7-13-11(17)10-9(16(18)19)8(2)14-15(10)3;/h12H,4-7H2,1-3H3,(H,13,17);1H. The maximum absolute atomic E-state index is 11.9. The minimum atomic E-state index is -0.577. The first kappa shape index (κ1) is 18.3. The van der Waals surface area contributed by atoms with Gasteiger partial charge in [0.25, 0.3) is 5.91 Å². The smallest absolute Gasteiger partial charge is 0.322 e. The fourth-order valence-corrected chi connectivity index (χ4v) is 1.77. The molecule has 1 rings (SSSR count). The molecule has 20 heavy (non-hydrogen) atoms. The highest BCUT2D eigenvalue weighted by atomic mass is 35.5. The summed E-state index contributed by atoms with van der Waals surface area (Å²) in [7, 11) is 1.52. The van der Waals surface area contributed by atoms with Crippen molar-refractivity contribution in [2.24, 2.45) is 7.05 Å². The van der Waals surface area contributed by atoms with E-state index in [-0.39, 0.29) is 29.5 Å². The van der Waals surface area contributed by atoms with Gasteiger partial charge in [0.15, 0.2) is 0 Å². The van der Waals surface area contributed by atoms with E-state index in [4.69, 9.17) is 0 Å². The molecule has 114 valence electrons. The van der Waals surface area contributed by atoms with Crippen molar-refractivity contribution >= 4 is 24.0 Å². The van der Waals surface area contributed by atoms with E-state index in [0.29, 0.717) is 13.1 Å². The van der Waals surface area contributed by atoms with Crippen LogP contribution in [0.2, 0.25) is 0 Å². The van der Waals surface area contributed by atoms with Crippen molar-refractivity contribution in [3.05, 3.63) is 21.5 Å². The molecule has 1 aromatic rings. The number of halogens is 1. The van der Waals surface area contributed by atoms with Crippen molar-refractivity contribution in [3.63, 3.8) is 0 Å². The Morgan fingerprint density at radius 3 is 2.60 bits per heavy atom. The molecular weight excluding hydrogens is 286 g/mol. The van der Waals surface area contributed by atoms with Crippen molar-refractivity contribution in [2.45, 2.75) is 20.3 Å². The molecule has 0 radical (unpaired) electrons. The first-order chi connectivity index (χ1) is 8.99. The predicted octanol–water partition coefficient (Wildman–Crippen LogP) is 0.788. The molecule has 1 amide bonds. The fraction of sp³-hybridized carbons (Fsp3) is 0.636. The summed E-state index contributed by atoms with van der Waals surface area (Å²) in [4.78, 5) is 22.3. The SMILES string of the molecule is CCCNCCNC(=O)c1c([N+](=O)[O-])c(C)nn1C.Cl. The molecule has 1 heterocycles. The highest BCUT2D eigenvalue weighted by Gasteiger charge is 2.28. The van der Waals surface area contributed by atoms with Crippen molar-refractivity contribution in [1.82, 2.24) is 20.4 Å². The second kappa shape index (κ2) is 8.49. The lowest BCUT2D eigenvalue weighted by molar-refractivity contribution is -0.385. The quantitative estimate of drug-likeness (QED) is 0.440. The number of carbonyl (C=O) groups excluding carboxylic acids is 1. The maximum atomic E-state index is 11.9. The molecule has 0 aliphatic rings. The number of aromatic nitrogens is 2. The third kappa shape index (κ3) is 4.46. The minimum absolute atomic E-state index is 0. The Labute approximate surface area is 123 Å². The normalized spacial score (nSPS) is 9.95. The average Bonchev–Trinajstić information content (AvgIpc) is 2.63. The molecular formula is C11H20ClN5O3. The van der Waals surface area contributed by atoms with E-state index in [2.05, 4.69) is 15.7 Å². The van der Waals surface area contributed by atoms with E-state index in [9.17, 15) is 14.9 Å². The number of nitrogens with one attached hydrogen (secondary N) is 2. The molecule has 0 aliphatic carbocycles. The number of nitro groups is 1. The Kier molecular flexibility index (Phi) is 7.78. The fourth-order valence-electron chi connectivity index (χ4n) is 1.77. The van der Waals surface area contributed by atoms with Gasteiger partial charge in [0.05, 0.1) is 4.92 Å². The Bertz CT molecular complexity index is 475. The molecule has 8 nitrogen and oxygen atoms in total. The van der Waals surface area contributed by atoms with Crippen LogP contribution < -0.4 is 10.6 Å². The van der Waals surface area contributed by atoms with Crippen LogP contribution in [0.4, 0.5) is 5.69 Å². The van der Waals surface area contributed by atoms with Gasteiger partial charge in [-0.05, 0) is 19.9 Å². The van der Waals surface area contributed by atoms with Crippen LogP contribution in [0.1, 0.15) is 29.5 Å². The van der Waals surface area contributed by atoms with Crippen LogP contribution in [-0.2, 0) is 7.05 Å². The largest absolute Gasteiger partial charge is 0.349 e. The van der Waals surface area contributed by atoms with Crippen molar-refractivity contribution in [2.75, 3.05) is 19.6 Å². The van der Waals surface area contributed by atoms with Crippen molar-refractivity contribution < 1.29 is 9.72 Å². The van der Waals surface area contributed by atoms with E-state index >= 15 is 0 Å². The summed E-state index contributed by atoms with van der Waals surface area (Å²) in [5.41, 5.74) is -0.0127. The van der Waals surface area contributed by atoms with Gasteiger partial charge in [-0.1, -0.05) is 6.92 Å². The second-order valence-corrected chi connectivity index (χ2v) is 4.17. The highest BCUT2D eigenvalue weighted by molar-refractivity contribution is 5.96. The lowest BCUT2D eigenvalue weighted by atomic mass is 10.3. The Morgan fingerprint density at radius 1 is 1.40 bits per heavy atom. The van der Waals surface area contributed by atoms with Gasteiger partial charge >= 0.3 is 5.69 Å². The lowest BCUT2D eigenvalue weighted by Crippen LogP contribution is -2.33. The van der Waals surface area contributed by atoms with Crippen LogP contribution in [0.3, 0.4) is 0 Å². The minimum Gasteiger partial charge on any atom is -0.349 e. The number of carbonyl (C=O) groups is 1. The number of amides is 1. The zero-order valence-corrected chi connectivity index (χ0v) is 12.6. The first-order valence-electron chi connectivity index (χ1n) is 6.16. The van der Waals surface area contributed by atoms with E-state index < -0.39 is 10.8 Å². The number of hydrogen-bond donors (Lipinski definition) is 2. The zero-order chi connectivity index (χ0) is 14.4. The summed E-state index contributed by atoms with van der Waals surface area (Å²) in [6, 6.07) is 0. The van der Waals surface area contributed by atoms with Crippen LogP contribution in [0.5, 0.6) is 0 Å². The summed E-state index contributed by atoms with van der Waals surface area (Å²) < 4.78 is 1.24. The highest BCUT2D eigenvalue weighted by Crippen LogP contribution is 2.21. The predicted molar refractivity (Wildman–Crippen MR) is 77.3 cm³/mol. The van der Waals surface area contributed by atoms with Gasteiger partial charge < -0.3 is 10.6 Å². The average molecular weight is 306 g/mol. The third-order valence-electron chi connectivity index (χ3n) is 2.60. The summed E-state index contributed by atoms with van der Waals surface area (Å²) in [6.45, 7) is 5.48. The third-order valence-corrected chi connectivity index (χ3v) is 2.60. The summed E-state index contributed by atoms with van der Waals surface area (Å²) in [6.07, 6.45) is 1.01. The molecule has 9 heteroatoms. The maximum Gasteiger partial charge on any atom is 0.322 e. The van der Waals surface area contributed by atoms with Gasteiger partial charge in [0, 0.05) is 20.1 Å². The molecule has 0 aliphatic heterocycles. The van der Waals surface area contributed by atoms with Gasteiger partial charge in [-0.3, -0.25) is 19.6 Å². The molecule has 0 unspecified atom stereocenters. The first-order valence-corrected chi connectivity index (χ1v) is 6.16. The van der Waals surface area contributed by atoms with Gasteiger partial charge in [0.1, 0.15) is 5.69 Å². The molecule has 0 spiro atoms. The van der Waals surface area contributed by atoms with Crippen molar-refractivity contribution in [3.8, 4) is 0 Å². The molecule has 2 N–H and O–H groups in total. The molecule has 0 fully saturated rings. The monoisotopic (exact) mass is 305 g/mol. The van der Waals surface area contributed by atoms with Crippen LogP contribution in [0.15, 0.2) is 0 Å². The van der Waals surface area contributed by atoms with Gasteiger partial charge in [0.2, 0.25) is 5.69 Å². The lowest BCUT2D eigenvalue weighted by Gasteiger charge is -2.06.